The Hall–Kier alpha value is -4.22. The van der Waals surface area contributed by atoms with Crippen molar-refractivity contribution in [3.63, 3.8) is 0 Å². The highest BCUT2D eigenvalue weighted by Crippen LogP contribution is 2.52. The number of hydrogen-bond donors (Lipinski definition) is 2. The van der Waals surface area contributed by atoms with Crippen LogP contribution in [0.5, 0.6) is 0 Å². The monoisotopic (exact) mass is 565 g/mol. The topological polar surface area (TPSA) is 118 Å². The van der Waals surface area contributed by atoms with Crippen molar-refractivity contribution >= 4 is 57.7 Å². The number of aromatic nitrogens is 5. The Kier molecular flexibility index (Phi) is 5.13. The Labute approximate surface area is 229 Å². The molecule has 1 saturated carbocycles. The average molecular weight is 566 g/mol. The van der Waals surface area contributed by atoms with Gasteiger partial charge in [0, 0.05) is 42.8 Å². The number of carboxylic acid groups (broad SMARTS) is 1. The molecule has 39 heavy (non-hydrogen) atoms. The summed E-state index contributed by atoms with van der Waals surface area (Å²) in [4.78, 5) is 39.9. The lowest BCUT2D eigenvalue weighted by Gasteiger charge is -2.33. The number of carbonyl (C=O) groups is 1. The van der Waals surface area contributed by atoms with Gasteiger partial charge >= 0.3 is 6.09 Å². The van der Waals surface area contributed by atoms with Crippen molar-refractivity contribution in [2.24, 2.45) is 0 Å². The van der Waals surface area contributed by atoms with E-state index in [0.717, 1.165) is 30.5 Å². The van der Waals surface area contributed by atoms with Crippen LogP contribution in [0.4, 0.5) is 20.8 Å². The van der Waals surface area contributed by atoms with Gasteiger partial charge in [0.15, 0.2) is 5.65 Å². The highest BCUT2D eigenvalue weighted by molar-refractivity contribution is 6.37. The zero-order chi connectivity index (χ0) is 27.1. The third-order valence-electron chi connectivity index (χ3n) is 7.37. The quantitative estimate of drug-likeness (QED) is 0.311. The lowest BCUT2D eigenvalue weighted by molar-refractivity contribution is 0.132. The summed E-state index contributed by atoms with van der Waals surface area (Å²) >= 11 is 12.6. The van der Waals surface area contributed by atoms with E-state index in [1.165, 1.54) is 27.4 Å². The Morgan fingerprint density at radius 2 is 1.90 bits per heavy atom. The number of anilines is 2. The standard InChI is InChI=1S/C26H18Cl2FN7O3/c27-18-8-14(29)9-19(28)20(18)36-22(37)16-10-31-23(33-21(16)35-6-5-30-24(35)36)32-15-1-2-17-13(7-15)11-34(25(38)39)12-26(17)3-4-26/h1-2,5-10H,3-4,11-12H2,(H,38,39)(H,31,32,33). The maximum atomic E-state index is 13.8. The van der Waals surface area contributed by atoms with Gasteiger partial charge in [0.25, 0.3) is 5.56 Å². The van der Waals surface area contributed by atoms with Crippen LogP contribution in [0.15, 0.2) is 53.7 Å². The van der Waals surface area contributed by atoms with Gasteiger partial charge < -0.3 is 15.3 Å². The fraction of sp³-hybridized carbons (Fsp3) is 0.192. The Balaban J connectivity index is 1.31. The third-order valence-corrected chi connectivity index (χ3v) is 7.94. The molecule has 0 radical (unpaired) electrons. The minimum absolute atomic E-state index is 0.0487. The number of nitrogens with one attached hydrogen (secondary N) is 1. The molecule has 0 unspecified atom stereocenters. The first-order chi connectivity index (χ1) is 18.7. The van der Waals surface area contributed by atoms with Gasteiger partial charge in [-0.1, -0.05) is 29.3 Å². The van der Waals surface area contributed by atoms with E-state index in [4.69, 9.17) is 23.2 Å². The molecule has 1 spiro atoms. The zero-order valence-corrected chi connectivity index (χ0v) is 21.5. The van der Waals surface area contributed by atoms with Crippen LogP contribution in [0.25, 0.3) is 22.5 Å². The smallest absolute Gasteiger partial charge is 0.407 e. The average Bonchev–Trinajstić information content (AvgIpc) is 3.47. The molecular formula is C26H18Cl2FN7O3. The first kappa shape index (κ1) is 23.9. The van der Waals surface area contributed by atoms with Crippen LogP contribution in [0.2, 0.25) is 10.0 Å². The summed E-state index contributed by atoms with van der Waals surface area (Å²) in [6.07, 6.45) is 5.52. The summed E-state index contributed by atoms with van der Waals surface area (Å²) in [6, 6.07) is 8.02. The number of rotatable bonds is 3. The van der Waals surface area contributed by atoms with Crippen molar-refractivity contribution in [3.8, 4) is 5.69 Å². The molecule has 196 valence electrons. The number of imidazole rings is 1. The van der Waals surface area contributed by atoms with Crippen molar-refractivity contribution in [1.29, 1.82) is 0 Å². The SMILES string of the molecule is O=C(O)N1Cc2cc(Nc3ncc4c(=O)n(-c5c(Cl)cc(F)cc5Cl)c5nccn5c4n3)ccc2C2(CC2)C1. The summed E-state index contributed by atoms with van der Waals surface area (Å²) in [5.74, 6) is -0.213. The molecule has 4 heterocycles. The zero-order valence-electron chi connectivity index (χ0n) is 20.0. The maximum absolute atomic E-state index is 13.8. The van der Waals surface area contributed by atoms with E-state index in [1.54, 1.807) is 10.6 Å². The number of nitrogens with zero attached hydrogens (tertiary/aromatic N) is 6. The van der Waals surface area contributed by atoms with Crippen LogP contribution in [0.3, 0.4) is 0 Å². The second-order valence-corrected chi connectivity index (χ2v) is 10.6. The van der Waals surface area contributed by atoms with Gasteiger partial charge in [-0.25, -0.2) is 23.7 Å². The lowest BCUT2D eigenvalue weighted by atomic mass is 9.87. The fourth-order valence-corrected chi connectivity index (χ4v) is 6.06. The number of hydrogen-bond acceptors (Lipinski definition) is 6. The minimum atomic E-state index is -0.929. The van der Waals surface area contributed by atoms with Crippen molar-refractivity contribution in [2.45, 2.75) is 24.8 Å². The van der Waals surface area contributed by atoms with Crippen LogP contribution in [-0.4, -0.2) is 46.6 Å². The Morgan fingerprint density at radius 3 is 2.62 bits per heavy atom. The maximum Gasteiger partial charge on any atom is 0.407 e. The second kappa shape index (κ2) is 8.39. The minimum Gasteiger partial charge on any atom is -0.465 e. The second-order valence-electron chi connectivity index (χ2n) is 9.80. The summed E-state index contributed by atoms with van der Waals surface area (Å²) in [6.45, 7) is 0.826. The number of halogens is 3. The van der Waals surface area contributed by atoms with E-state index >= 15 is 0 Å². The predicted octanol–water partition coefficient (Wildman–Crippen LogP) is 5.14. The van der Waals surface area contributed by atoms with Gasteiger partial charge in [-0.05, 0) is 48.2 Å². The lowest BCUT2D eigenvalue weighted by Crippen LogP contribution is -2.40. The molecule has 2 N–H and O–H groups in total. The largest absolute Gasteiger partial charge is 0.465 e. The van der Waals surface area contributed by atoms with E-state index in [0.29, 0.717) is 24.4 Å². The van der Waals surface area contributed by atoms with Crippen LogP contribution in [-0.2, 0) is 12.0 Å². The van der Waals surface area contributed by atoms with Gasteiger partial charge in [-0.2, -0.15) is 4.98 Å². The van der Waals surface area contributed by atoms with Crippen molar-refractivity contribution < 1.29 is 14.3 Å². The van der Waals surface area contributed by atoms with Gasteiger partial charge in [0.2, 0.25) is 11.7 Å². The molecule has 2 aliphatic rings. The Morgan fingerprint density at radius 1 is 1.13 bits per heavy atom. The van der Waals surface area contributed by atoms with Gasteiger partial charge in [0.05, 0.1) is 15.7 Å². The molecule has 0 saturated heterocycles. The summed E-state index contributed by atoms with van der Waals surface area (Å²) in [7, 11) is 0. The van der Waals surface area contributed by atoms with E-state index < -0.39 is 17.5 Å². The Bertz CT molecular complexity index is 1890. The van der Waals surface area contributed by atoms with E-state index in [1.807, 2.05) is 18.2 Å². The molecule has 1 amide bonds. The van der Waals surface area contributed by atoms with E-state index in [2.05, 4.69) is 20.3 Å². The van der Waals surface area contributed by atoms with Crippen LogP contribution >= 0.6 is 23.2 Å². The first-order valence-corrected chi connectivity index (χ1v) is 12.8. The third kappa shape index (κ3) is 3.72. The molecule has 13 heteroatoms. The molecule has 0 atom stereocenters. The fourth-order valence-electron chi connectivity index (χ4n) is 5.43. The number of benzene rings is 2. The summed E-state index contributed by atoms with van der Waals surface area (Å²) in [5, 5.41) is 12.8. The molecule has 2 aromatic carbocycles. The highest BCUT2D eigenvalue weighted by Gasteiger charge is 2.50. The molecule has 1 aliphatic carbocycles. The predicted molar refractivity (Wildman–Crippen MR) is 143 cm³/mol. The molecule has 7 rings (SSSR count). The van der Waals surface area contributed by atoms with Crippen LogP contribution in [0.1, 0.15) is 24.0 Å². The molecule has 10 nitrogen and oxygen atoms in total. The molecular weight excluding hydrogens is 548 g/mol. The molecule has 1 aliphatic heterocycles. The van der Waals surface area contributed by atoms with Crippen molar-refractivity contribution in [2.75, 3.05) is 11.9 Å². The summed E-state index contributed by atoms with van der Waals surface area (Å²) < 4.78 is 16.6. The highest BCUT2D eigenvalue weighted by atomic mass is 35.5. The van der Waals surface area contributed by atoms with Crippen molar-refractivity contribution in [3.05, 3.63) is 86.3 Å². The van der Waals surface area contributed by atoms with Crippen LogP contribution < -0.4 is 10.9 Å². The number of fused-ring (bicyclic) bond motifs is 5. The van der Waals surface area contributed by atoms with Gasteiger partial charge in [-0.3, -0.25) is 9.20 Å². The molecule has 1 fully saturated rings. The van der Waals surface area contributed by atoms with E-state index in [9.17, 15) is 19.1 Å². The molecule has 5 aromatic rings. The molecule has 3 aromatic heterocycles. The van der Waals surface area contributed by atoms with Crippen LogP contribution in [0, 0.1) is 5.82 Å². The normalized spacial score (nSPS) is 15.6. The van der Waals surface area contributed by atoms with Crippen molar-refractivity contribution in [1.82, 2.24) is 28.8 Å². The molecule has 0 bridgehead atoms. The summed E-state index contributed by atoms with van der Waals surface area (Å²) in [5.41, 5.74) is 2.60. The first-order valence-electron chi connectivity index (χ1n) is 12.0. The van der Waals surface area contributed by atoms with E-state index in [-0.39, 0.29) is 38.3 Å². The van der Waals surface area contributed by atoms with Gasteiger partial charge in [0.1, 0.15) is 11.2 Å². The number of amides is 1. The van der Waals surface area contributed by atoms with Gasteiger partial charge in [-0.15, -0.1) is 0 Å².